The van der Waals surface area contributed by atoms with Crippen molar-refractivity contribution in [1.82, 2.24) is 0 Å². The van der Waals surface area contributed by atoms with Crippen molar-refractivity contribution in [1.29, 1.82) is 0 Å². The van der Waals surface area contributed by atoms with Gasteiger partial charge in [0.1, 0.15) is 18.4 Å². The Labute approximate surface area is 67.3 Å². The molecule has 2 N–H and O–H groups in total. The van der Waals surface area contributed by atoms with Gasteiger partial charge in [0.15, 0.2) is 0 Å². The molecule has 0 fully saturated rings. The molecule has 1 aliphatic carbocycles. The molecule has 0 bridgehead atoms. The fourth-order valence-corrected chi connectivity index (χ4v) is 1.05. The Morgan fingerprint density at radius 2 is 2.17 bits per heavy atom. The van der Waals surface area contributed by atoms with E-state index >= 15 is 0 Å². The lowest BCUT2D eigenvalue weighted by Crippen LogP contribution is -2.36. The van der Waals surface area contributed by atoms with E-state index in [0.717, 1.165) is 6.08 Å². The van der Waals surface area contributed by atoms with Crippen LogP contribution in [0.4, 0.5) is 8.78 Å². The molecular formula is C7H8F2O3. The van der Waals surface area contributed by atoms with Crippen LogP contribution in [0, 0.1) is 0 Å². The van der Waals surface area contributed by atoms with Gasteiger partial charge in [-0.3, -0.25) is 0 Å². The van der Waals surface area contributed by atoms with Crippen molar-refractivity contribution in [2.45, 2.75) is 24.9 Å². The van der Waals surface area contributed by atoms with Gasteiger partial charge in [0, 0.05) is 12.0 Å². The fraction of sp³-hybridized carbons (Fsp3) is 0.571. The molecule has 0 aromatic carbocycles. The van der Waals surface area contributed by atoms with Crippen LogP contribution in [0.25, 0.3) is 0 Å². The maximum absolute atomic E-state index is 12.6. The summed E-state index contributed by atoms with van der Waals surface area (Å²) in [6, 6.07) is 0. The lowest BCUT2D eigenvalue weighted by atomic mass is 9.94. The summed E-state index contributed by atoms with van der Waals surface area (Å²) in [6.07, 6.45) is -5.16. The third kappa shape index (κ3) is 1.61. The second-order valence-corrected chi connectivity index (χ2v) is 2.65. The van der Waals surface area contributed by atoms with E-state index in [4.69, 9.17) is 10.2 Å². The van der Waals surface area contributed by atoms with Gasteiger partial charge >= 0.3 is 5.97 Å². The van der Waals surface area contributed by atoms with E-state index in [1.807, 2.05) is 0 Å². The van der Waals surface area contributed by atoms with Crippen LogP contribution >= 0.6 is 0 Å². The third-order valence-electron chi connectivity index (χ3n) is 1.75. The van der Waals surface area contributed by atoms with Gasteiger partial charge in [-0.05, 0) is 6.08 Å². The summed E-state index contributed by atoms with van der Waals surface area (Å²) in [5.74, 6) is -1.34. The molecular weight excluding hydrogens is 170 g/mol. The van der Waals surface area contributed by atoms with Crippen molar-refractivity contribution in [3.63, 3.8) is 0 Å². The average molecular weight is 178 g/mol. The topological polar surface area (TPSA) is 57.5 Å². The number of rotatable bonds is 1. The standard InChI is InChI=1S/C7H8F2O3/c8-4-1-3(7(11)12)2-5(9)6(4)10/h1,4-6,10H,2H2,(H,11,12)/t4-,5-,6+/m1/s1. The van der Waals surface area contributed by atoms with E-state index in [0.29, 0.717) is 0 Å². The largest absolute Gasteiger partial charge is 0.478 e. The van der Waals surface area contributed by atoms with Gasteiger partial charge < -0.3 is 10.2 Å². The number of aliphatic hydroxyl groups is 1. The van der Waals surface area contributed by atoms with E-state index < -0.39 is 30.8 Å². The van der Waals surface area contributed by atoms with Crippen LogP contribution in [0.1, 0.15) is 6.42 Å². The molecule has 5 heteroatoms. The van der Waals surface area contributed by atoms with Gasteiger partial charge in [-0.1, -0.05) is 0 Å². The maximum atomic E-state index is 12.6. The second kappa shape index (κ2) is 3.18. The quantitative estimate of drug-likeness (QED) is 0.612. The Kier molecular flexibility index (Phi) is 2.42. The van der Waals surface area contributed by atoms with Gasteiger partial charge in [0.05, 0.1) is 0 Å². The van der Waals surface area contributed by atoms with E-state index in [9.17, 15) is 13.6 Å². The Bertz CT molecular complexity index is 227. The predicted octanol–water partition coefficient (Wildman–Crippen LogP) is 0.438. The Morgan fingerprint density at radius 1 is 1.58 bits per heavy atom. The first-order valence-corrected chi connectivity index (χ1v) is 3.42. The highest BCUT2D eigenvalue weighted by Crippen LogP contribution is 2.23. The van der Waals surface area contributed by atoms with Crippen LogP contribution in [-0.2, 0) is 4.79 Å². The van der Waals surface area contributed by atoms with Crippen LogP contribution in [0.15, 0.2) is 11.6 Å². The zero-order valence-corrected chi connectivity index (χ0v) is 6.08. The second-order valence-electron chi connectivity index (χ2n) is 2.65. The zero-order valence-electron chi connectivity index (χ0n) is 6.08. The molecule has 3 nitrogen and oxygen atoms in total. The first-order valence-electron chi connectivity index (χ1n) is 3.42. The minimum absolute atomic E-state index is 0.319. The molecule has 0 heterocycles. The number of hydrogen-bond acceptors (Lipinski definition) is 2. The van der Waals surface area contributed by atoms with Gasteiger partial charge in [-0.25, -0.2) is 13.6 Å². The van der Waals surface area contributed by atoms with Crippen molar-refractivity contribution < 1.29 is 23.8 Å². The third-order valence-corrected chi connectivity index (χ3v) is 1.75. The maximum Gasteiger partial charge on any atom is 0.331 e. The number of aliphatic carboxylic acids is 1. The normalized spacial score (nSPS) is 35.9. The minimum atomic E-state index is -1.92. The minimum Gasteiger partial charge on any atom is -0.478 e. The molecule has 12 heavy (non-hydrogen) atoms. The van der Waals surface area contributed by atoms with Gasteiger partial charge in [0.25, 0.3) is 0 Å². The molecule has 0 saturated carbocycles. The van der Waals surface area contributed by atoms with Crippen molar-refractivity contribution in [3.05, 3.63) is 11.6 Å². The van der Waals surface area contributed by atoms with Crippen LogP contribution < -0.4 is 0 Å². The summed E-state index contributed by atoms with van der Waals surface area (Å²) in [7, 11) is 0. The lowest BCUT2D eigenvalue weighted by molar-refractivity contribution is -0.133. The van der Waals surface area contributed by atoms with Crippen LogP contribution in [-0.4, -0.2) is 34.6 Å². The van der Waals surface area contributed by atoms with Crippen LogP contribution in [0.2, 0.25) is 0 Å². The van der Waals surface area contributed by atoms with Gasteiger partial charge in [-0.15, -0.1) is 0 Å². The van der Waals surface area contributed by atoms with E-state index in [1.165, 1.54) is 0 Å². The van der Waals surface area contributed by atoms with Crippen LogP contribution in [0.3, 0.4) is 0 Å². The summed E-state index contributed by atoms with van der Waals surface area (Å²) in [6.45, 7) is 0. The van der Waals surface area contributed by atoms with E-state index in [1.54, 1.807) is 0 Å². The summed E-state index contributed by atoms with van der Waals surface area (Å²) in [5, 5.41) is 17.1. The SMILES string of the molecule is O=C(O)C1=C[C@@H](F)[C@H](O)[C@H](F)C1. The number of hydrogen-bond donors (Lipinski definition) is 2. The van der Waals surface area contributed by atoms with Crippen molar-refractivity contribution in [3.8, 4) is 0 Å². The lowest BCUT2D eigenvalue weighted by Gasteiger charge is -2.22. The molecule has 1 rings (SSSR count). The van der Waals surface area contributed by atoms with E-state index in [2.05, 4.69) is 0 Å². The van der Waals surface area contributed by atoms with Gasteiger partial charge in [0.2, 0.25) is 0 Å². The van der Waals surface area contributed by atoms with Gasteiger partial charge in [-0.2, -0.15) is 0 Å². The first-order chi connectivity index (χ1) is 5.52. The zero-order chi connectivity index (χ0) is 9.30. The van der Waals surface area contributed by atoms with Crippen molar-refractivity contribution in [2.24, 2.45) is 0 Å². The fourth-order valence-electron chi connectivity index (χ4n) is 1.05. The molecule has 0 aromatic heterocycles. The van der Waals surface area contributed by atoms with Crippen molar-refractivity contribution >= 4 is 5.97 Å². The Balaban J connectivity index is 2.81. The highest BCUT2D eigenvalue weighted by molar-refractivity contribution is 5.87. The molecule has 0 spiro atoms. The summed E-state index contributed by atoms with van der Waals surface area (Å²) >= 11 is 0. The average Bonchev–Trinajstić information content (AvgIpc) is 1.99. The highest BCUT2D eigenvalue weighted by atomic mass is 19.1. The number of carboxylic acids is 1. The Hall–Kier alpha value is -0.970. The number of aliphatic hydroxyl groups excluding tert-OH is 1. The molecule has 1 aliphatic rings. The molecule has 0 saturated heterocycles. The molecule has 68 valence electrons. The Morgan fingerprint density at radius 3 is 2.58 bits per heavy atom. The van der Waals surface area contributed by atoms with Crippen molar-refractivity contribution in [2.75, 3.05) is 0 Å². The predicted molar refractivity (Wildman–Crippen MR) is 36.1 cm³/mol. The molecule has 0 radical (unpaired) electrons. The number of carbonyl (C=O) groups is 1. The summed E-state index contributed by atoms with van der Waals surface area (Å²) in [4.78, 5) is 10.3. The molecule has 0 aliphatic heterocycles. The molecule has 0 aromatic rings. The van der Waals surface area contributed by atoms with Crippen LogP contribution in [0.5, 0.6) is 0 Å². The number of alkyl halides is 2. The molecule has 3 atom stereocenters. The number of halogens is 2. The summed E-state index contributed by atoms with van der Waals surface area (Å²) in [5.41, 5.74) is -0.319. The first kappa shape index (κ1) is 9.12. The highest BCUT2D eigenvalue weighted by Gasteiger charge is 2.33. The van der Waals surface area contributed by atoms with E-state index in [-0.39, 0.29) is 5.57 Å². The summed E-state index contributed by atoms with van der Waals surface area (Å²) < 4.78 is 25.3. The molecule has 0 unspecified atom stereocenters. The monoisotopic (exact) mass is 178 g/mol. The number of carboxylic acid groups (broad SMARTS) is 1. The molecule has 0 amide bonds. The smallest absolute Gasteiger partial charge is 0.331 e.